The zero-order valence-corrected chi connectivity index (χ0v) is 13.3. The lowest BCUT2D eigenvalue weighted by atomic mass is 10.1. The Bertz CT molecular complexity index is 586. The highest BCUT2D eigenvalue weighted by Crippen LogP contribution is 2.20. The van der Waals surface area contributed by atoms with Crippen LogP contribution < -0.4 is 4.74 Å². The van der Waals surface area contributed by atoms with Crippen LogP contribution in [0.15, 0.2) is 24.3 Å². The first-order chi connectivity index (χ1) is 10.4. The van der Waals surface area contributed by atoms with E-state index in [0.717, 1.165) is 0 Å². The number of ether oxygens (including phenoxy) is 1. The second-order valence-corrected chi connectivity index (χ2v) is 7.15. The fraction of sp³-hybridized carbons (Fsp3) is 0.467. The Morgan fingerprint density at radius 2 is 1.95 bits per heavy atom. The molecule has 1 aliphatic rings. The molecule has 3 atom stereocenters. The van der Waals surface area contributed by atoms with Crippen LogP contribution in [0.25, 0.3) is 0 Å². The van der Waals surface area contributed by atoms with Gasteiger partial charge < -0.3 is 14.7 Å². The second kappa shape index (κ2) is 6.91. The third-order valence-electron chi connectivity index (χ3n) is 3.84. The van der Waals surface area contributed by atoms with Gasteiger partial charge in [0, 0.05) is 34.7 Å². The Kier molecular flexibility index (Phi) is 5.18. The number of hydrogen-bond acceptors (Lipinski definition) is 4. The van der Waals surface area contributed by atoms with Gasteiger partial charge in [-0.25, -0.2) is 4.79 Å². The molecular formula is C15H19NO5S. The van der Waals surface area contributed by atoms with Crippen molar-refractivity contribution >= 4 is 22.7 Å². The maximum Gasteiger partial charge on any atom is 0.341 e. The molecule has 0 bridgehead atoms. The maximum absolute atomic E-state index is 12.5. The van der Waals surface area contributed by atoms with Crippen LogP contribution in [0.3, 0.4) is 0 Å². The first kappa shape index (κ1) is 16.5. The Hall–Kier alpha value is -1.89. The van der Waals surface area contributed by atoms with E-state index in [-0.39, 0.29) is 17.2 Å². The Morgan fingerprint density at radius 3 is 2.55 bits per heavy atom. The van der Waals surface area contributed by atoms with E-state index in [4.69, 9.17) is 9.84 Å². The lowest BCUT2D eigenvalue weighted by Gasteiger charge is -2.37. The average Bonchev–Trinajstić information content (AvgIpc) is 2.51. The molecule has 1 N–H and O–H groups in total. The van der Waals surface area contributed by atoms with Crippen LogP contribution in [0.4, 0.5) is 0 Å². The molecule has 2 rings (SSSR count). The van der Waals surface area contributed by atoms with E-state index in [2.05, 4.69) is 0 Å². The molecule has 1 aromatic rings. The van der Waals surface area contributed by atoms with Crippen molar-refractivity contribution < 1.29 is 23.6 Å². The van der Waals surface area contributed by atoms with Gasteiger partial charge in [-0.2, -0.15) is 0 Å². The van der Waals surface area contributed by atoms with E-state index in [0.29, 0.717) is 23.6 Å². The molecule has 7 heteroatoms. The van der Waals surface area contributed by atoms with E-state index in [1.807, 2.05) is 13.8 Å². The maximum atomic E-state index is 12.5. The van der Waals surface area contributed by atoms with Gasteiger partial charge in [-0.1, -0.05) is 0 Å². The monoisotopic (exact) mass is 325 g/mol. The molecule has 0 aromatic heterocycles. The molecule has 0 spiro atoms. The fourth-order valence-corrected chi connectivity index (χ4v) is 3.68. The van der Waals surface area contributed by atoms with Gasteiger partial charge in [0.2, 0.25) is 0 Å². The number of carboxylic acid groups (broad SMARTS) is 1. The average molecular weight is 325 g/mol. The normalized spacial score (nSPS) is 24.8. The third kappa shape index (κ3) is 3.65. The van der Waals surface area contributed by atoms with Gasteiger partial charge in [-0.15, -0.1) is 0 Å². The number of benzene rings is 1. The first-order valence-electron chi connectivity index (χ1n) is 7.03. The molecule has 1 aromatic carbocycles. The topological polar surface area (TPSA) is 83.9 Å². The van der Waals surface area contributed by atoms with Crippen LogP contribution in [-0.4, -0.2) is 56.3 Å². The van der Waals surface area contributed by atoms with Crippen molar-refractivity contribution in [3.05, 3.63) is 29.8 Å². The molecule has 1 amide bonds. The van der Waals surface area contributed by atoms with Gasteiger partial charge in [0.1, 0.15) is 5.75 Å². The van der Waals surface area contributed by atoms with Gasteiger partial charge in [0.05, 0.1) is 5.25 Å². The SMILES string of the molecule is CC1C(C)S(=O)CCN1C(=O)c1ccc(OCC(=O)O)cc1. The summed E-state index contributed by atoms with van der Waals surface area (Å²) in [5, 5.41) is 8.51. The lowest BCUT2D eigenvalue weighted by Crippen LogP contribution is -2.52. The van der Waals surface area contributed by atoms with Gasteiger partial charge in [0.25, 0.3) is 5.91 Å². The molecule has 1 saturated heterocycles. The highest BCUT2D eigenvalue weighted by Gasteiger charge is 2.33. The van der Waals surface area contributed by atoms with Crippen molar-refractivity contribution in [2.75, 3.05) is 18.9 Å². The summed E-state index contributed by atoms with van der Waals surface area (Å²) in [6.45, 7) is 3.86. The predicted molar refractivity (Wildman–Crippen MR) is 82.5 cm³/mol. The van der Waals surface area contributed by atoms with Crippen LogP contribution >= 0.6 is 0 Å². The predicted octanol–water partition coefficient (Wildman–Crippen LogP) is 1.13. The summed E-state index contributed by atoms with van der Waals surface area (Å²) < 4.78 is 16.8. The molecule has 6 nitrogen and oxygen atoms in total. The van der Waals surface area contributed by atoms with Crippen LogP contribution in [0.5, 0.6) is 5.75 Å². The minimum Gasteiger partial charge on any atom is -0.482 e. The highest BCUT2D eigenvalue weighted by molar-refractivity contribution is 7.85. The molecule has 1 heterocycles. The number of carbonyl (C=O) groups excluding carboxylic acids is 1. The quantitative estimate of drug-likeness (QED) is 0.897. The van der Waals surface area contributed by atoms with Crippen molar-refractivity contribution in [3.8, 4) is 5.75 Å². The van der Waals surface area contributed by atoms with Gasteiger partial charge in [0.15, 0.2) is 6.61 Å². The molecule has 0 saturated carbocycles. The van der Waals surface area contributed by atoms with Gasteiger partial charge in [-0.05, 0) is 38.1 Å². The van der Waals surface area contributed by atoms with Crippen molar-refractivity contribution in [1.82, 2.24) is 4.90 Å². The van der Waals surface area contributed by atoms with Crippen molar-refractivity contribution in [3.63, 3.8) is 0 Å². The molecule has 1 fully saturated rings. The number of carbonyl (C=O) groups is 2. The standard InChI is InChI=1S/C15H19NO5S/c1-10-11(2)22(20)8-7-16(10)15(19)12-3-5-13(6-4-12)21-9-14(17)18/h3-6,10-11H,7-9H2,1-2H3,(H,17,18). The van der Waals surface area contributed by atoms with Crippen molar-refractivity contribution in [2.45, 2.75) is 25.1 Å². The smallest absolute Gasteiger partial charge is 0.341 e. The Balaban J connectivity index is 2.06. The molecule has 1 aliphatic heterocycles. The second-order valence-electron chi connectivity index (χ2n) is 5.24. The zero-order chi connectivity index (χ0) is 16.3. The molecule has 0 aliphatic carbocycles. The van der Waals surface area contributed by atoms with E-state index >= 15 is 0 Å². The van der Waals surface area contributed by atoms with Crippen molar-refractivity contribution in [2.24, 2.45) is 0 Å². The number of hydrogen-bond donors (Lipinski definition) is 1. The number of amides is 1. The number of aliphatic carboxylic acids is 1. The molecular weight excluding hydrogens is 306 g/mol. The fourth-order valence-electron chi connectivity index (χ4n) is 2.34. The number of carboxylic acids is 1. The van der Waals surface area contributed by atoms with E-state index in [1.54, 1.807) is 29.2 Å². The summed E-state index contributed by atoms with van der Waals surface area (Å²) in [7, 11) is -0.889. The van der Waals surface area contributed by atoms with Crippen LogP contribution in [0, 0.1) is 0 Å². The van der Waals surface area contributed by atoms with Gasteiger partial charge in [-0.3, -0.25) is 9.00 Å². The summed E-state index contributed by atoms with van der Waals surface area (Å²) in [6.07, 6.45) is 0. The number of nitrogens with zero attached hydrogens (tertiary/aromatic N) is 1. The lowest BCUT2D eigenvalue weighted by molar-refractivity contribution is -0.139. The summed E-state index contributed by atoms with van der Waals surface area (Å²) >= 11 is 0. The first-order valence-corrected chi connectivity index (χ1v) is 8.41. The number of rotatable bonds is 4. The largest absolute Gasteiger partial charge is 0.482 e. The van der Waals surface area contributed by atoms with E-state index in [9.17, 15) is 13.8 Å². The molecule has 120 valence electrons. The zero-order valence-electron chi connectivity index (χ0n) is 12.5. The summed E-state index contributed by atoms with van der Waals surface area (Å²) in [6, 6.07) is 6.30. The molecule has 22 heavy (non-hydrogen) atoms. The molecule has 0 radical (unpaired) electrons. The summed E-state index contributed by atoms with van der Waals surface area (Å²) in [5.41, 5.74) is 0.509. The van der Waals surface area contributed by atoms with Crippen molar-refractivity contribution in [1.29, 1.82) is 0 Å². The minimum absolute atomic E-state index is 0.0455. The Labute approximate surface area is 131 Å². The van der Waals surface area contributed by atoms with E-state index < -0.39 is 23.4 Å². The summed E-state index contributed by atoms with van der Waals surface area (Å²) in [5.74, 6) is -0.262. The van der Waals surface area contributed by atoms with Crippen LogP contribution in [0.2, 0.25) is 0 Å². The van der Waals surface area contributed by atoms with E-state index in [1.165, 1.54) is 0 Å². The highest BCUT2D eigenvalue weighted by atomic mass is 32.2. The Morgan fingerprint density at radius 1 is 1.32 bits per heavy atom. The third-order valence-corrected chi connectivity index (χ3v) is 5.65. The van der Waals surface area contributed by atoms with Crippen LogP contribution in [0.1, 0.15) is 24.2 Å². The van der Waals surface area contributed by atoms with Gasteiger partial charge >= 0.3 is 5.97 Å². The molecule has 3 unspecified atom stereocenters. The minimum atomic E-state index is -1.05. The van der Waals surface area contributed by atoms with Crippen LogP contribution in [-0.2, 0) is 15.6 Å². The summed E-state index contributed by atoms with van der Waals surface area (Å²) in [4.78, 5) is 24.7.